The maximum absolute atomic E-state index is 12.2. The smallest absolute Gasteiger partial charge is 0.236 e. The average Bonchev–Trinajstić information content (AvgIpc) is 3.23. The van der Waals surface area contributed by atoms with Gasteiger partial charge in [-0.3, -0.25) is 9.69 Å². The quantitative estimate of drug-likeness (QED) is 0.798. The molecule has 8 heteroatoms. The minimum Gasteiger partial charge on any atom is -0.440 e. The standard InChI is InChI=1S/C17H24N4O2S.ClH/c1-12-14(20-17(23-12)15-5-3-9-24-15)11-21-8-2-4-13(10-21)16(22)19-7-6-18;/h3,5,9,13H,2,4,6-8,10-11,18H2,1H3,(H,19,22);1H. The molecule has 25 heavy (non-hydrogen) atoms. The first kappa shape index (κ1) is 19.9. The lowest BCUT2D eigenvalue weighted by atomic mass is 9.97. The van der Waals surface area contributed by atoms with Crippen molar-refractivity contribution in [3.8, 4) is 10.8 Å². The van der Waals surface area contributed by atoms with E-state index in [9.17, 15) is 4.79 Å². The molecule has 2 aromatic heterocycles. The maximum Gasteiger partial charge on any atom is 0.236 e. The Bertz CT molecular complexity index is 674. The van der Waals surface area contributed by atoms with Crippen LogP contribution in [0.4, 0.5) is 0 Å². The number of oxazole rings is 1. The van der Waals surface area contributed by atoms with Gasteiger partial charge in [0, 0.05) is 26.2 Å². The highest BCUT2D eigenvalue weighted by molar-refractivity contribution is 7.13. The van der Waals surface area contributed by atoms with E-state index in [-0.39, 0.29) is 24.2 Å². The summed E-state index contributed by atoms with van der Waals surface area (Å²) in [6, 6.07) is 4.01. The average molecular weight is 385 g/mol. The van der Waals surface area contributed by atoms with Crippen LogP contribution in [-0.2, 0) is 11.3 Å². The van der Waals surface area contributed by atoms with E-state index in [0.29, 0.717) is 19.0 Å². The van der Waals surface area contributed by atoms with Gasteiger partial charge in [-0.15, -0.1) is 23.7 Å². The van der Waals surface area contributed by atoms with Crippen LogP contribution in [0.15, 0.2) is 21.9 Å². The van der Waals surface area contributed by atoms with Gasteiger partial charge in [0.2, 0.25) is 11.8 Å². The van der Waals surface area contributed by atoms with Crippen LogP contribution in [0.2, 0.25) is 0 Å². The van der Waals surface area contributed by atoms with Gasteiger partial charge in [-0.25, -0.2) is 4.98 Å². The summed E-state index contributed by atoms with van der Waals surface area (Å²) in [5.74, 6) is 1.69. The predicted octanol–water partition coefficient (Wildman–Crippen LogP) is 2.42. The van der Waals surface area contributed by atoms with E-state index in [1.54, 1.807) is 11.3 Å². The third-order valence-corrected chi connectivity index (χ3v) is 5.18. The zero-order valence-electron chi connectivity index (χ0n) is 14.4. The van der Waals surface area contributed by atoms with Gasteiger partial charge in [0.1, 0.15) is 5.76 Å². The van der Waals surface area contributed by atoms with Crippen molar-refractivity contribution in [2.75, 3.05) is 26.2 Å². The minimum absolute atomic E-state index is 0. The molecule has 3 rings (SSSR count). The summed E-state index contributed by atoms with van der Waals surface area (Å²) < 4.78 is 5.81. The highest BCUT2D eigenvalue weighted by atomic mass is 35.5. The van der Waals surface area contributed by atoms with E-state index in [0.717, 1.165) is 48.8 Å². The molecule has 0 radical (unpaired) electrons. The molecule has 1 saturated heterocycles. The molecule has 0 aromatic carbocycles. The van der Waals surface area contributed by atoms with Gasteiger partial charge in [-0.1, -0.05) is 6.07 Å². The van der Waals surface area contributed by atoms with Crippen molar-refractivity contribution >= 4 is 29.7 Å². The van der Waals surface area contributed by atoms with E-state index in [1.165, 1.54) is 0 Å². The van der Waals surface area contributed by atoms with Gasteiger partial charge in [-0.05, 0) is 37.8 Å². The largest absolute Gasteiger partial charge is 0.440 e. The van der Waals surface area contributed by atoms with Crippen LogP contribution in [0.3, 0.4) is 0 Å². The molecule has 2 aromatic rings. The van der Waals surface area contributed by atoms with Crippen LogP contribution in [0.1, 0.15) is 24.3 Å². The van der Waals surface area contributed by atoms with Crippen LogP contribution < -0.4 is 11.1 Å². The molecule has 0 bridgehead atoms. The third-order valence-electron chi connectivity index (χ3n) is 4.32. The maximum atomic E-state index is 12.2. The molecule has 0 spiro atoms. The summed E-state index contributed by atoms with van der Waals surface area (Å²) in [7, 11) is 0. The van der Waals surface area contributed by atoms with E-state index in [4.69, 9.17) is 10.2 Å². The second kappa shape index (κ2) is 9.33. The fourth-order valence-electron chi connectivity index (χ4n) is 3.05. The third kappa shape index (κ3) is 5.04. The van der Waals surface area contributed by atoms with E-state index in [1.807, 2.05) is 24.4 Å². The number of aryl methyl sites for hydroxylation is 1. The molecule has 1 aliphatic rings. The fraction of sp³-hybridized carbons (Fsp3) is 0.529. The molecule has 3 N–H and O–H groups in total. The summed E-state index contributed by atoms with van der Waals surface area (Å²) >= 11 is 1.62. The number of thiophene rings is 1. The second-order valence-corrected chi connectivity index (χ2v) is 7.10. The van der Waals surface area contributed by atoms with Crippen LogP contribution in [-0.4, -0.2) is 42.0 Å². The molecule has 1 fully saturated rings. The topological polar surface area (TPSA) is 84.4 Å². The van der Waals surface area contributed by atoms with Crippen molar-refractivity contribution in [2.24, 2.45) is 11.7 Å². The summed E-state index contributed by atoms with van der Waals surface area (Å²) in [5.41, 5.74) is 6.41. The van der Waals surface area contributed by atoms with Gasteiger partial charge < -0.3 is 15.5 Å². The number of halogens is 1. The van der Waals surface area contributed by atoms with Crippen molar-refractivity contribution in [1.82, 2.24) is 15.2 Å². The number of likely N-dealkylation sites (tertiary alicyclic amines) is 1. The van der Waals surface area contributed by atoms with Crippen molar-refractivity contribution in [1.29, 1.82) is 0 Å². The number of hydrogen-bond acceptors (Lipinski definition) is 6. The van der Waals surface area contributed by atoms with Crippen molar-refractivity contribution < 1.29 is 9.21 Å². The monoisotopic (exact) mass is 384 g/mol. The van der Waals surface area contributed by atoms with Crippen molar-refractivity contribution in [3.05, 3.63) is 29.0 Å². The molecule has 3 heterocycles. The Morgan fingerprint density at radius 2 is 2.40 bits per heavy atom. The molecule has 1 aliphatic heterocycles. The van der Waals surface area contributed by atoms with Gasteiger partial charge in [-0.2, -0.15) is 0 Å². The van der Waals surface area contributed by atoms with Gasteiger partial charge in [0.25, 0.3) is 0 Å². The van der Waals surface area contributed by atoms with Crippen molar-refractivity contribution in [2.45, 2.75) is 26.3 Å². The SMILES string of the molecule is Cc1oc(-c2cccs2)nc1CN1CCCC(C(=O)NCCN)C1.Cl. The normalized spacial score (nSPS) is 17.9. The Hall–Kier alpha value is -1.41. The lowest BCUT2D eigenvalue weighted by Crippen LogP contribution is -2.43. The van der Waals surface area contributed by atoms with Gasteiger partial charge >= 0.3 is 0 Å². The Labute approximate surface area is 158 Å². The number of nitrogens with one attached hydrogen (secondary N) is 1. The Kier molecular flexibility index (Phi) is 7.43. The van der Waals surface area contributed by atoms with Crippen LogP contribution in [0, 0.1) is 12.8 Å². The molecule has 1 unspecified atom stereocenters. The number of nitrogens with zero attached hydrogens (tertiary/aromatic N) is 2. The lowest BCUT2D eigenvalue weighted by Gasteiger charge is -2.31. The second-order valence-electron chi connectivity index (χ2n) is 6.15. The number of aromatic nitrogens is 1. The number of nitrogens with two attached hydrogens (primary N) is 1. The predicted molar refractivity (Wildman–Crippen MR) is 102 cm³/mol. The molecule has 6 nitrogen and oxygen atoms in total. The summed E-state index contributed by atoms with van der Waals surface area (Å²) in [5, 5.41) is 4.91. The lowest BCUT2D eigenvalue weighted by molar-refractivity contribution is -0.126. The van der Waals surface area contributed by atoms with E-state index < -0.39 is 0 Å². The first-order valence-electron chi connectivity index (χ1n) is 8.37. The zero-order valence-corrected chi connectivity index (χ0v) is 16.0. The van der Waals surface area contributed by atoms with Crippen LogP contribution >= 0.6 is 23.7 Å². The zero-order chi connectivity index (χ0) is 16.9. The molecular formula is C17H25ClN4O2S. The fourth-order valence-corrected chi connectivity index (χ4v) is 3.69. The highest BCUT2D eigenvalue weighted by Gasteiger charge is 2.26. The van der Waals surface area contributed by atoms with Crippen molar-refractivity contribution in [3.63, 3.8) is 0 Å². The molecular weight excluding hydrogens is 360 g/mol. The van der Waals surface area contributed by atoms with Gasteiger partial charge in [0.15, 0.2) is 0 Å². The molecule has 1 atom stereocenters. The van der Waals surface area contributed by atoms with Crippen LogP contribution in [0.25, 0.3) is 10.8 Å². The Morgan fingerprint density at radius 1 is 1.56 bits per heavy atom. The Balaban J connectivity index is 0.00000225. The molecule has 1 amide bonds. The highest BCUT2D eigenvalue weighted by Crippen LogP contribution is 2.27. The number of carbonyl (C=O) groups is 1. The molecule has 0 aliphatic carbocycles. The summed E-state index contributed by atoms with van der Waals surface area (Å²) in [6.45, 7) is 5.45. The van der Waals surface area contributed by atoms with Crippen LogP contribution in [0.5, 0.6) is 0 Å². The van der Waals surface area contributed by atoms with E-state index in [2.05, 4.69) is 15.2 Å². The first-order chi connectivity index (χ1) is 11.7. The summed E-state index contributed by atoms with van der Waals surface area (Å²) in [4.78, 5) is 20.1. The molecule has 0 saturated carbocycles. The number of carbonyl (C=O) groups excluding carboxylic acids is 1. The Morgan fingerprint density at radius 3 is 3.12 bits per heavy atom. The minimum atomic E-state index is 0. The number of rotatable bonds is 6. The first-order valence-corrected chi connectivity index (χ1v) is 9.25. The summed E-state index contributed by atoms with van der Waals surface area (Å²) in [6.07, 6.45) is 1.96. The molecule has 138 valence electrons. The van der Waals surface area contributed by atoms with E-state index >= 15 is 0 Å². The van der Waals surface area contributed by atoms with Gasteiger partial charge in [0.05, 0.1) is 16.5 Å². The number of amides is 1. The number of hydrogen-bond donors (Lipinski definition) is 2. The number of piperidine rings is 1.